The SMILES string of the molecule is COc1cc(OC)cc(C(=O)NCC(=O)OCC(=O)Nc2ccc(F)c(F)c2)c1. The summed E-state index contributed by atoms with van der Waals surface area (Å²) in [6, 6.07) is 7.28. The molecule has 0 fully saturated rings. The van der Waals surface area contributed by atoms with E-state index in [1.807, 2.05) is 0 Å². The number of rotatable bonds is 8. The van der Waals surface area contributed by atoms with Crippen molar-refractivity contribution >= 4 is 23.5 Å². The van der Waals surface area contributed by atoms with Gasteiger partial charge in [0.25, 0.3) is 11.8 Å². The number of esters is 1. The molecule has 0 aliphatic rings. The molecule has 2 aromatic carbocycles. The molecule has 154 valence electrons. The van der Waals surface area contributed by atoms with E-state index in [4.69, 9.17) is 14.2 Å². The highest BCUT2D eigenvalue weighted by Crippen LogP contribution is 2.22. The third-order valence-corrected chi connectivity index (χ3v) is 3.57. The summed E-state index contributed by atoms with van der Waals surface area (Å²) >= 11 is 0. The Morgan fingerprint density at radius 3 is 2.17 bits per heavy atom. The fourth-order valence-corrected chi connectivity index (χ4v) is 2.16. The van der Waals surface area contributed by atoms with Gasteiger partial charge < -0.3 is 24.8 Å². The van der Waals surface area contributed by atoms with Gasteiger partial charge in [0.1, 0.15) is 18.0 Å². The average Bonchev–Trinajstić information content (AvgIpc) is 2.72. The van der Waals surface area contributed by atoms with Crippen LogP contribution in [0.3, 0.4) is 0 Å². The van der Waals surface area contributed by atoms with Crippen LogP contribution in [-0.2, 0) is 14.3 Å². The number of benzene rings is 2. The lowest BCUT2D eigenvalue weighted by molar-refractivity contribution is -0.146. The Kier molecular flexibility index (Phi) is 7.47. The van der Waals surface area contributed by atoms with Crippen LogP contribution in [-0.4, -0.2) is 45.2 Å². The molecule has 0 bridgehead atoms. The van der Waals surface area contributed by atoms with Crippen molar-refractivity contribution in [2.75, 3.05) is 32.7 Å². The molecule has 0 aromatic heterocycles. The fraction of sp³-hybridized carbons (Fsp3) is 0.211. The standard InChI is InChI=1S/C19H18F2N2O6/c1-27-13-5-11(6-14(8-13)28-2)19(26)22-9-18(25)29-10-17(24)23-12-3-4-15(20)16(21)7-12/h3-8H,9-10H2,1-2H3,(H,22,26)(H,23,24). The Balaban J connectivity index is 1.81. The van der Waals surface area contributed by atoms with Crippen LogP contribution in [0.5, 0.6) is 11.5 Å². The summed E-state index contributed by atoms with van der Waals surface area (Å²) in [5.74, 6) is -3.60. The van der Waals surface area contributed by atoms with Gasteiger partial charge in [-0.15, -0.1) is 0 Å². The molecule has 29 heavy (non-hydrogen) atoms. The van der Waals surface area contributed by atoms with Crippen LogP contribution in [0.2, 0.25) is 0 Å². The average molecular weight is 408 g/mol. The Morgan fingerprint density at radius 2 is 1.59 bits per heavy atom. The van der Waals surface area contributed by atoms with Crippen LogP contribution >= 0.6 is 0 Å². The first-order valence-electron chi connectivity index (χ1n) is 8.24. The molecular weight excluding hydrogens is 390 g/mol. The van der Waals surface area contributed by atoms with E-state index < -0.39 is 42.6 Å². The maximum absolute atomic E-state index is 13.1. The summed E-state index contributed by atoms with van der Waals surface area (Å²) in [5, 5.41) is 4.58. The number of amides is 2. The minimum absolute atomic E-state index is 0.00484. The number of nitrogens with one attached hydrogen (secondary N) is 2. The minimum Gasteiger partial charge on any atom is -0.497 e. The van der Waals surface area contributed by atoms with Crippen molar-refractivity contribution < 1.29 is 37.4 Å². The van der Waals surface area contributed by atoms with Gasteiger partial charge in [-0.2, -0.15) is 0 Å². The van der Waals surface area contributed by atoms with Gasteiger partial charge >= 0.3 is 5.97 Å². The zero-order chi connectivity index (χ0) is 21.4. The highest BCUT2D eigenvalue weighted by molar-refractivity contribution is 5.97. The summed E-state index contributed by atoms with van der Waals surface area (Å²) in [6.45, 7) is -1.16. The van der Waals surface area contributed by atoms with E-state index in [0.29, 0.717) is 11.5 Å². The number of carbonyl (C=O) groups excluding carboxylic acids is 3. The number of ether oxygens (including phenoxy) is 3. The van der Waals surface area contributed by atoms with Crippen LogP contribution < -0.4 is 20.1 Å². The first-order chi connectivity index (χ1) is 13.8. The maximum Gasteiger partial charge on any atom is 0.325 e. The predicted octanol–water partition coefficient (Wildman–Crippen LogP) is 1.89. The zero-order valence-electron chi connectivity index (χ0n) is 15.6. The van der Waals surface area contributed by atoms with E-state index in [9.17, 15) is 23.2 Å². The largest absolute Gasteiger partial charge is 0.497 e. The Hall–Kier alpha value is -3.69. The third-order valence-electron chi connectivity index (χ3n) is 3.57. The van der Waals surface area contributed by atoms with Crippen LogP contribution in [0.15, 0.2) is 36.4 Å². The van der Waals surface area contributed by atoms with E-state index in [1.165, 1.54) is 26.4 Å². The Bertz CT molecular complexity index is 897. The summed E-state index contributed by atoms with van der Waals surface area (Å²) in [6.07, 6.45) is 0. The second-order valence-electron chi connectivity index (χ2n) is 5.62. The van der Waals surface area contributed by atoms with Crippen molar-refractivity contribution in [3.05, 3.63) is 53.6 Å². The molecule has 0 radical (unpaired) electrons. The molecule has 0 heterocycles. The van der Waals surface area contributed by atoms with Crippen molar-refractivity contribution in [2.24, 2.45) is 0 Å². The van der Waals surface area contributed by atoms with E-state index in [2.05, 4.69) is 10.6 Å². The Labute approximate surface area is 164 Å². The molecule has 8 nitrogen and oxygen atoms in total. The quantitative estimate of drug-likeness (QED) is 0.647. The normalized spacial score (nSPS) is 10.1. The smallest absolute Gasteiger partial charge is 0.325 e. The van der Waals surface area contributed by atoms with Crippen LogP contribution in [0.1, 0.15) is 10.4 Å². The first-order valence-corrected chi connectivity index (χ1v) is 8.24. The van der Waals surface area contributed by atoms with Gasteiger partial charge in [0.05, 0.1) is 14.2 Å². The Morgan fingerprint density at radius 1 is 0.931 bits per heavy atom. The van der Waals surface area contributed by atoms with Gasteiger partial charge in [-0.3, -0.25) is 14.4 Å². The second-order valence-corrected chi connectivity index (χ2v) is 5.62. The van der Waals surface area contributed by atoms with Gasteiger partial charge in [0, 0.05) is 23.4 Å². The molecule has 0 spiro atoms. The number of halogens is 2. The lowest BCUT2D eigenvalue weighted by Crippen LogP contribution is -2.32. The lowest BCUT2D eigenvalue weighted by atomic mass is 10.2. The van der Waals surface area contributed by atoms with Gasteiger partial charge in [-0.05, 0) is 24.3 Å². The van der Waals surface area contributed by atoms with Gasteiger partial charge in [-0.1, -0.05) is 0 Å². The van der Waals surface area contributed by atoms with E-state index in [0.717, 1.165) is 18.2 Å². The molecule has 2 aromatic rings. The molecule has 10 heteroatoms. The molecule has 0 aliphatic carbocycles. The molecule has 0 aliphatic heterocycles. The zero-order valence-corrected chi connectivity index (χ0v) is 15.6. The number of hydrogen-bond acceptors (Lipinski definition) is 6. The molecule has 0 unspecified atom stereocenters. The summed E-state index contributed by atoms with van der Waals surface area (Å²) in [4.78, 5) is 35.5. The van der Waals surface area contributed by atoms with Crippen molar-refractivity contribution in [2.45, 2.75) is 0 Å². The first kappa shape index (κ1) is 21.6. The number of hydrogen-bond donors (Lipinski definition) is 2. The molecule has 2 rings (SSSR count). The van der Waals surface area contributed by atoms with Crippen LogP contribution in [0.4, 0.5) is 14.5 Å². The van der Waals surface area contributed by atoms with Crippen LogP contribution in [0.25, 0.3) is 0 Å². The van der Waals surface area contributed by atoms with Crippen molar-refractivity contribution in [1.29, 1.82) is 0 Å². The van der Waals surface area contributed by atoms with E-state index in [-0.39, 0.29) is 11.3 Å². The monoisotopic (exact) mass is 408 g/mol. The van der Waals surface area contributed by atoms with Gasteiger partial charge in [0.2, 0.25) is 0 Å². The summed E-state index contributed by atoms with van der Waals surface area (Å²) < 4.78 is 40.8. The minimum atomic E-state index is -1.13. The number of methoxy groups -OCH3 is 2. The predicted molar refractivity (Wildman–Crippen MR) is 97.8 cm³/mol. The fourth-order valence-electron chi connectivity index (χ4n) is 2.16. The third kappa shape index (κ3) is 6.45. The van der Waals surface area contributed by atoms with Gasteiger partial charge in [0.15, 0.2) is 18.2 Å². The number of carbonyl (C=O) groups is 3. The van der Waals surface area contributed by atoms with E-state index in [1.54, 1.807) is 6.07 Å². The highest BCUT2D eigenvalue weighted by Gasteiger charge is 2.13. The van der Waals surface area contributed by atoms with Crippen molar-refractivity contribution in [3.8, 4) is 11.5 Å². The van der Waals surface area contributed by atoms with Crippen LogP contribution in [0, 0.1) is 11.6 Å². The molecular formula is C19H18F2N2O6. The second kappa shape index (κ2) is 10.0. The van der Waals surface area contributed by atoms with Gasteiger partial charge in [-0.25, -0.2) is 8.78 Å². The molecule has 0 atom stereocenters. The highest BCUT2D eigenvalue weighted by atomic mass is 19.2. The molecule has 0 saturated carbocycles. The van der Waals surface area contributed by atoms with E-state index >= 15 is 0 Å². The maximum atomic E-state index is 13.1. The summed E-state index contributed by atoms with van der Waals surface area (Å²) in [5.41, 5.74) is 0.204. The molecule has 2 amide bonds. The summed E-state index contributed by atoms with van der Waals surface area (Å²) in [7, 11) is 2.86. The molecule has 2 N–H and O–H groups in total. The molecule has 0 saturated heterocycles. The van der Waals surface area contributed by atoms with Crippen molar-refractivity contribution in [3.63, 3.8) is 0 Å². The van der Waals surface area contributed by atoms with Crippen molar-refractivity contribution in [1.82, 2.24) is 5.32 Å². The lowest BCUT2D eigenvalue weighted by Gasteiger charge is -2.10. The topological polar surface area (TPSA) is 103 Å². The number of anilines is 1.